The number of halogens is 2. The van der Waals surface area contributed by atoms with E-state index in [1.165, 1.54) is 17.0 Å². The van der Waals surface area contributed by atoms with Gasteiger partial charge in [0.15, 0.2) is 8.32 Å². The Hall–Kier alpha value is -2.02. The quantitative estimate of drug-likeness (QED) is 0.439. The first-order valence-electron chi connectivity index (χ1n) is 9.50. The van der Waals surface area contributed by atoms with E-state index in [1.54, 1.807) is 30.3 Å². The highest BCUT2D eigenvalue weighted by Crippen LogP contribution is 2.39. The molecule has 0 aliphatic carbocycles. The van der Waals surface area contributed by atoms with Gasteiger partial charge >= 0.3 is 0 Å². The van der Waals surface area contributed by atoms with Gasteiger partial charge in [-0.05, 0) is 48.0 Å². The van der Waals surface area contributed by atoms with Crippen molar-refractivity contribution in [3.8, 4) is 0 Å². The molecular weight excluding hydrogens is 409 g/mol. The number of hydrogen-bond acceptors (Lipinski definition) is 3. The van der Waals surface area contributed by atoms with Gasteiger partial charge in [-0.25, -0.2) is 4.39 Å². The molecule has 3 rings (SSSR count). The van der Waals surface area contributed by atoms with Crippen molar-refractivity contribution in [2.45, 2.75) is 44.9 Å². The van der Waals surface area contributed by atoms with Crippen LogP contribution >= 0.6 is 11.6 Å². The Balaban J connectivity index is 2.01. The molecular formula is C22H25ClFNO3Si. The summed E-state index contributed by atoms with van der Waals surface area (Å²) < 4.78 is 20.5. The lowest BCUT2D eigenvalue weighted by Crippen LogP contribution is -2.44. The van der Waals surface area contributed by atoms with E-state index in [-0.39, 0.29) is 16.7 Å². The Morgan fingerprint density at radius 2 is 1.62 bits per heavy atom. The van der Waals surface area contributed by atoms with Gasteiger partial charge in [-0.1, -0.05) is 50.6 Å². The second kappa shape index (κ2) is 7.67. The first-order valence-corrected chi connectivity index (χ1v) is 12.8. The van der Waals surface area contributed by atoms with Crippen LogP contribution in [0.5, 0.6) is 0 Å². The number of amides is 2. The van der Waals surface area contributed by atoms with Gasteiger partial charge in [0.05, 0.1) is 28.8 Å². The van der Waals surface area contributed by atoms with Gasteiger partial charge in [-0.2, -0.15) is 0 Å². The summed E-state index contributed by atoms with van der Waals surface area (Å²) in [5, 5.41) is -0.0645. The van der Waals surface area contributed by atoms with Crippen molar-refractivity contribution in [3.63, 3.8) is 0 Å². The van der Waals surface area contributed by atoms with Crippen LogP contribution in [0.1, 0.15) is 53.1 Å². The summed E-state index contributed by atoms with van der Waals surface area (Å²) >= 11 is 5.84. The van der Waals surface area contributed by atoms with Gasteiger partial charge in [0.1, 0.15) is 5.82 Å². The third-order valence-corrected chi connectivity index (χ3v) is 10.7. The number of hydrogen-bond donors (Lipinski definition) is 0. The predicted molar refractivity (Wildman–Crippen MR) is 114 cm³/mol. The molecule has 0 spiro atoms. The topological polar surface area (TPSA) is 46.6 Å². The van der Waals surface area contributed by atoms with Crippen LogP contribution in [-0.4, -0.2) is 31.6 Å². The zero-order valence-electron chi connectivity index (χ0n) is 17.3. The van der Waals surface area contributed by atoms with E-state index in [4.69, 9.17) is 16.0 Å². The van der Waals surface area contributed by atoms with Crippen molar-refractivity contribution in [1.29, 1.82) is 0 Å². The normalized spacial score (nSPS) is 15.6. The van der Waals surface area contributed by atoms with Gasteiger partial charge in [0.25, 0.3) is 11.8 Å². The Labute approximate surface area is 176 Å². The lowest BCUT2D eigenvalue weighted by Gasteiger charge is -2.38. The molecule has 0 fully saturated rings. The molecule has 2 aromatic rings. The van der Waals surface area contributed by atoms with Crippen LogP contribution in [0.3, 0.4) is 0 Å². The number of carbonyl (C=O) groups excluding carboxylic acids is 2. The average Bonchev–Trinajstić information content (AvgIpc) is 2.89. The van der Waals surface area contributed by atoms with E-state index in [2.05, 4.69) is 33.9 Å². The minimum atomic E-state index is -2.17. The molecule has 0 unspecified atom stereocenters. The highest BCUT2D eigenvalue weighted by molar-refractivity contribution is 6.74. The third kappa shape index (κ3) is 4.02. The minimum absolute atomic E-state index is 0.0137. The molecule has 1 aliphatic rings. The zero-order chi connectivity index (χ0) is 21.6. The van der Waals surface area contributed by atoms with Crippen molar-refractivity contribution >= 4 is 31.7 Å². The van der Waals surface area contributed by atoms with Gasteiger partial charge in [0, 0.05) is 0 Å². The van der Waals surface area contributed by atoms with E-state index in [9.17, 15) is 14.0 Å². The largest absolute Gasteiger partial charge is 0.414 e. The first-order chi connectivity index (χ1) is 13.4. The summed E-state index contributed by atoms with van der Waals surface area (Å²) in [6.45, 7) is 10.6. The van der Waals surface area contributed by atoms with E-state index in [0.29, 0.717) is 16.7 Å². The van der Waals surface area contributed by atoms with Crippen LogP contribution < -0.4 is 0 Å². The molecule has 2 amide bonds. The summed E-state index contributed by atoms with van der Waals surface area (Å²) in [4.78, 5) is 27.3. The molecule has 7 heteroatoms. The molecule has 2 aromatic carbocycles. The van der Waals surface area contributed by atoms with Crippen LogP contribution in [-0.2, 0) is 4.43 Å². The average molecular weight is 434 g/mol. The van der Waals surface area contributed by atoms with Crippen LogP contribution in [0.15, 0.2) is 42.5 Å². The molecule has 0 radical (unpaired) electrons. The molecule has 1 aliphatic heterocycles. The first kappa shape index (κ1) is 21.7. The van der Waals surface area contributed by atoms with Crippen molar-refractivity contribution in [1.82, 2.24) is 4.90 Å². The molecule has 154 valence electrons. The maximum absolute atomic E-state index is 14.2. The molecule has 1 heterocycles. The maximum Gasteiger partial charge on any atom is 0.262 e. The van der Waals surface area contributed by atoms with E-state index < -0.39 is 32.0 Å². The lowest BCUT2D eigenvalue weighted by molar-refractivity contribution is 0.0521. The Morgan fingerprint density at radius 1 is 1.07 bits per heavy atom. The Kier molecular flexibility index (Phi) is 5.73. The summed E-state index contributed by atoms with van der Waals surface area (Å²) in [6.07, 6.45) is 0. The zero-order valence-corrected chi connectivity index (χ0v) is 19.0. The van der Waals surface area contributed by atoms with E-state index >= 15 is 0 Å². The maximum atomic E-state index is 14.2. The van der Waals surface area contributed by atoms with E-state index in [1.807, 2.05) is 0 Å². The number of benzene rings is 2. The molecule has 1 atom stereocenters. The fourth-order valence-corrected chi connectivity index (χ4v) is 4.16. The number of fused-ring (bicyclic) bond motifs is 1. The SMILES string of the molecule is CC(C)(C)[Si](C)(C)OC[C@H](c1ccc(Cl)c(F)c1)N1C(=O)c2ccccc2C1=O. The van der Waals surface area contributed by atoms with Crippen LogP contribution in [0.25, 0.3) is 0 Å². The number of rotatable bonds is 5. The van der Waals surface area contributed by atoms with Crippen LogP contribution in [0.2, 0.25) is 23.2 Å². The molecule has 0 saturated carbocycles. The van der Waals surface area contributed by atoms with Crippen molar-refractivity contribution in [2.75, 3.05) is 6.61 Å². The van der Waals surface area contributed by atoms with E-state index in [0.717, 1.165) is 0 Å². The number of nitrogens with zero attached hydrogens (tertiary/aromatic N) is 1. The smallest absolute Gasteiger partial charge is 0.262 e. The summed E-state index contributed by atoms with van der Waals surface area (Å²) in [5.41, 5.74) is 1.17. The summed E-state index contributed by atoms with van der Waals surface area (Å²) in [5.74, 6) is -1.40. The van der Waals surface area contributed by atoms with Crippen LogP contribution in [0, 0.1) is 5.82 Å². The molecule has 29 heavy (non-hydrogen) atoms. The van der Waals surface area contributed by atoms with Gasteiger partial charge in [-0.15, -0.1) is 0 Å². The lowest BCUT2D eigenvalue weighted by atomic mass is 10.1. The fourth-order valence-electron chi connectivity index (χ4n) is 3.03. The second-order valence-corrected chi connectivity index (χ2v) is 14.0. The third-order valence-electron chi connectivity index (χ3n) is 5.87. The molecule has 4 nitrogen and oxygen atoms in total. The van der Waals surface area contributed by atoms with Crippen molar-refractivity contribution < 1.29 is 18.4 Å². The predicted octanol–water partition coefficient (Wildman–Crippen LogP) is 5.84. The fraction of sp³-hybridized carbons (Fsp3) is 0.364. The minimum Gasteiger partial charge on any atom is -0.414 e. The highest BCUT2D eigenvalue weighted by Gasteiger charge is 2.43. The van der Waals surface area contributed by atoms with Gasteiger partial charge < -0.3 is 4.43 Å². The van der Waals surface area contributed by atoms with Crippen molar-refractivity contribution in [2.24, 2.45) is 0 Å². The Morgan fingerprint density at radius 3 is 2.10 bits per heavy atom. The van der Waals surface area contributed by atoms with Crippen molar-refractivity contribution in [3.05, 3.63) is 70.0 Å². The second-order valence-electron chi connectivity index (χ2n) is 8.79. The van der Waals surface area contributed by atoms with Crippen LogP contribution in [0.4, 0.5) is 4.39 Å². The molecule has 0 aromatic heterocycles. The standard InChI is InChI=1S/C22H25ClFNO3Si/c1-22(2,3)29(4,5)28-13-19(14-10-11-17(23)18(24)12-14)25-20(26)15-8-6-7-9-16(15)21(25)27/h6-12,19H,13H2,1-5H3/t19-/m1/s1. The van der Waals surface area contributed by atoms with Gasteiger partial charge in [-0.3, -0.25) is 14.5 Å². The van der Waals surface area contributed by atoms with Gasteiger partial charge in [0.2, 0.25) is 0 Å². The highest BCUT2D eigenvalue weighted by atomic mass is 35.5. The molecule has 0 saturated heterocycles. The summed E-state index contributed by atoms with van der Waals surface area (Å²) in [6, 6.07) is 10.3. The number of imide groups is 1. The molecule has 0 N–H and O–H groups in total. The summed E-state index contributed by atoms with van der Waals surface area (Å²) in [7, 11) is -2.17. The monoisotopic (exact) mass is 433 g/mol. The number of carbonyl (C=O) groups is 2. The molecule has 0 bridgehead atoms. The Bertz CT molecular complexity index is 936.